The summed E-state index contributed by atoms with van der Waals surface area (Å²) in [5, 5.41) is 3.41. The lowest BCUT2D eigenvalue weighted by Gasteiger charge is -2.34. The Balaban J connectivity index is 1.56. The van der Waals surface area contributed by atoms with Gasteiger partial charge in [-0.05, 0) is 31.3 Å². The zero-order valence-electron chi connectivity index (χ0n) is 16.4. The van der Waals surface area contributed by atoms with E-state index in [2.05, 4.69) is 44.3 Å². The number of carbonyl (C=O) groups is 1. The zero-order valence-corrected chi connectivity index (χ0v) is 16.4. The molecule has 0 atom stereocenters. The van der Waals surface area contributed by atoms with E-state index in [9.17, 15) is 9.59 Å². The van der Waals surface area contributed by atoms with E-state index in [-0.39, 0.29) is 10.9 Å². The SMILES string of the molecule is CN1CCN(c2ccc(Nc3ncc4c(=O)c(C(N)=O)cn(C)c4n3)cc2)CC1. The number of nitrogens with one attached hydrogen (secondary N) is 1. The number of rotatable bonds is 4. The van der Waals surface area contributed by atoms with Crippen LogP contribution in [0.2, 0.25) is 0 Å². The average Bonchev–Trinajstić information content (AvgIpc) is 2.72. The minimum absolute atomic E-state index is 0.0798. The highest BCUT2D eigenvalue weighted by Crippen LogP contribution is 2.21. The number of nitrogens with zero attached hydrogens (tertiary/aromatic N) is 5. The molecule has 4 rings (SSSR count). The number of amides is 1. The number of benzene rings is 1. The number of pyridine rings is 1. The minimum atomic E-state index is -0.768. The smallest absolute Gasteiger partial charge is 0.254 e. The predicted octanol–water partition coefficient (Wildman–Crippen LogP) is 0.923. The van der Waals surface area contributed by atoms with Gasteiger partial charge in [-0.2, -0.15) is 4.98 Å². The van der Waals surface area contributed by atoms with Crippen molar-refractivity contribution in [3.63, 3.8) is 0 Å². The Morgan fingerprint density at radius 3 is 2.45 bits per heavy atom. The summed E-state index contributed by atoms with van der Waals surface area (Å²) >= 11 is 0. The number of hydrogen-bond acceptors (Lipinski definition) is 7. The molecule has 3 heterocycles. The number of aromatic nitrogens is 3. The third kappa shape index (κ3) is 3.77. The molecule has 0 bridgehead atoms. The van der Waals surface area contributed by atoms with Gasteiger partial charge in [-0.3, -0.25) is 9.59 Å². The van der Waals surface area contributed by atoms with Crippen molar-refractivity contribution in [2.24, 2.45) is 12.8 Å². The van der Waals surface area contributed by atoms with Crippen molar-refractivity contribution in [2.75, 3.05) is 43.4 Å². The molecule has 9 nitrogen and oxygen atoms in total. The molecular weight excluding hydrogens is 370 g/mol. The first-order valence-electron chi connectivity index (χ1n) is 9.39. The first kappa shape index (κ1) is 18.9. The van der Waals surface area contributed by atoms with Crippen molar-refractivity contribution in [3.05, 3.63) is 52.4 Å². The Morgan fingerprint density at radius 2 is 1.79 bits per heavy atom. The van der Waals surface area contributed by atoms with Crippen LogP contribution >= 0.6 is 0 Å². The second-order valence-electron chi connectivity index (χ2n) is 7.24. The fourth-order valence-electron chi connectivity index (χ4n) is 3.45. The molecule has 1 fully saturated rings. The average molecular weight is 393 g/mol. The molecule has 3 N–H and O–H groups in total. The predicted molar refractivity (Wildman–Crippen MR) is 113 cm³/mol. The molecule has 9 heteroatoms. The maximum Gasteiger partial charge on any atom is 0.254 e. The molecule has 1 saturated heterocycles. The van der Waals surface area contributed by atoms with Crippen LogP contribution in [0.25, 0.3) is 11.0 Å². The maximum absolute atomic E-state index is 12.4. The number of hydrogen-bond donors (Lipinski definition) is 2. The third-order valence-electron chi connectivity index (χ3n) is 5.17. The number of carbonyl (C=O) groups excluding carboxylic acids is 1. The summed E-state index contributed by atoms with van der Waals surface area (Å²) in [4.78, 5) is 37.1. The van der Waals surface area contributed by atoms with Gasteiger partial charge in [-0.15, -0.1) is 0 Å². The van der Waals surface area contributed by atoms with Gasteiger partial charge in [0.15, 0.2) is 0 Å². The Kier molecular flexibility index (Phi) is 4.89. The molecule has 0 unspecified atom stereocenters. The van der Waals surface area contributed by atoms with Gasteiger partial charge in [-0.25, -0.2) is 4.98 Å². The highest BCUT2D eigenvalue weighted by molar-refractivity contribution is 5.95. The molecule has 1 aliphatic heterocycles. The molecule has 3 aromatic rings. The first-order valence-corrected chi connectivity index (χ1v) is 9.39. The van der Waals surface area contributed by atoms with Gasteiger partial charge in [-0.1, -0.05) is 0 Å². The van der Waals surface area contributed by atoms with Crippen LogP contribution in [0.3, 0.4) is 0 Å². The van der Waals surface area contributed by atoms with Crippen LogP contribution in [0.5, 0.6) is 0 Å². The summed E-state index contributed by atoms with van der Waals surface area (Å²) in [6.07, 6.45) is 2.81. The van der Waals surface area contributed by atoms with Gasteiger partial charge in [0.1, 0.15) is 11.2 Å². The molecular formula is C20H23N7O2. The Morgan fingerprint density at radius 1 is 1.10 bits per heavy atom. The van der Waals surface area contributed by atoms with Crippen LogP contribution in [0, 0.1) is 0 Å². The number of fused-ring (bicyclic) bond motifs is 1. The lowest BCUT2D eigenvalue weighted by molar-refractivity contribution is 0.0999. The third-order valence-corrected chi connectivity index (χ3v) is 5.17. The highest BCUT2D eigenvalue weighted by atomic mass is 16.2. The van der Waals surface area contributed by atoms with Crippen molar-refractivity contribution >= 4 is 34.3 Å². The molecule has 29 heavy (non-hydrogen) atoms. The van der Waals surface area contributed by atoms with Crippen molar-refractivity contribution in [1.82, 2.24) is 19.4 Å². The van der Waals surface area contributed by atoms with Crippen molar-refractivity contribution < 1.29 is 4.79 Å². The van der Waals surface area contributed by atoms with Gasteiger partial charge < -0.3 is 25.4 Å². The zero-order chi connectivity index (χ0) is 20.5. The quantitative estimate of drug-likeness (QED) is 0.678. The molecule has 0 spiro atoms. The summed E-state index contributed by atoms with van der Waals surface area (Å²) in [6, 6.07) is 8.11. The Hall–Kier alpha value is -3.46. The molecule has 1 aromatic carbocycles. The summed E-state index contributed by atoms with van der Waals surface area (Å²) in [6.45, 7) is 4.14. The molecule has 1 amide bonds. The van der Waals surface area contributed by atoms with Crippen molar-refractivity contribution in [2.45, 2.75) is 0 Å². The molecule has 0 radical (unpaired) electrons. The van der Waals surface area contributed by atoms with E-state index in [1.54, 1.807) is 11.6 Å². The van der Waals surface area contributed by atoms with E-state index in [1.807, 2.05) is 12.1 Å². The number of nitrogens with two attached hydrogens (primary N) is 1. The van der Waals surface area contributed by atoms with Crippen molar-refractivity contribution in [1.29, 1.82) is 0 Å². The first-order chi connectivity index (χ1) is 13.9. The molecule has 1 aliphatic rings. The summed E-state index contributed by atoms with van der Waals surface area (Å²) in [5.74, 6) is -0.401. The lowest BCUT2D eigenvalue weighted by atomic mass is 10.2. The van der Waals surface area contributed by atoms with Crippen LogP contribution < -0.4 is 21.4 Å². The molecule has 0 saturated carbocycles. The summed E-state index contributed by atoms with van der Waals surface area (Å²) in [5.41, 5.74) is 7.18. The van der Waals surface area contributed by atoms with E-state index in [0.717, 1.165) is 31.9 Å². The summed E-state index contributed by atoms with van der Waals surface area (Å²) in [7, 11) is 3.84. The molecule has 150 valence electrons. The largest absolute Gasteiger partial charge is 0.369 e. The topological polar surface area (TPSA) is 109 Å². The fourth-order valence-corrected chi connectivity index (χ4v) is 3.45. The van der Waals surface area contributed by atoms with E-state index >= 15 is 0 Å². The van der Waals surface area contributed by atoms with Crippen LogP contribution in [0.1, 0.15) is 10.4 Å². The van der Waals surface area contributed by atoms with Gasteiger partial charge >= 0.3 is 0 Å². The molecule has 0 aliphatic carbocycles. The maximum atomic E-state index is 12.4. The standard InChI is InChI=1S/C20H23N7O2/c1-25-7-9-27(10-8-25)14-5-3-13(4-6-14)23-20-22-11-15-17(28)16(18(21)29)12-26(2)19(15)24-20/h3-6,11-12H,7-10H2,1-2H3,(H2,21,29)(H,22,23,24). The number of aryl methyl sites for hydroxylation is 1. The highest BCUT2D eigenvalue weighted by Gasteiger charge is 2.15. The van der Waals surface area contributed by atoms with Crippen LogP contribution in [0.4, 0.5) is 17.3 Å². The number of likely N-dealkylation sites (N-methyl/N-ethyl adjacent to an activating group) is 1. The van der Waals surface area contributed by atoms with Gasteiger partial charge in [0, 0.05) is 57.0 Å². The van der Waals surface area contributed by atoms with Crippen LogP contribution in [-0.4, -0.2) is 58.6 Å². The monoisotopic (exact) mass is 393 g/mol. The van der Waals surface area contributed by atoms with Gasteiger partial charge in [0.25, 0.3) is 5.91 Å². The number of anilines is 3. The normalized spacial score (nSPS) is 14.9. The second-order valence-corrected chi connectivity index (χ2v) is 7.24. The van der Waals surface area contributed by atoms with Crippen molar-refractivity contribution in [3.8, 4) is 0 Å². The summed E-state index contributed by atoms with van der Waals surface area (Å²) < 4.78 is 1.60. The fraction of sp³-hybridized carbons (Fsp3) is 0.300. The van der Waals surface area contributed by atoms with E-state index in [4.69, 9.17) is 5.73 Å². The van der Waals surface area contributed by atoms with Crippen LogP contribution in [-0.2, 0) is 7.05 Å². The molecule has 2 aromatic heterocycles. The second kappa shape index (κ2) is 7.51. The van der Waals surface area contributed by atoms with Gasteiger partial charge in [0.05, 0.1) is 5.39 Å². The number of piperazine rings is 1. The number of primary amides is 1. The Labute approximate surface area is 167 Å². The van der Waals surface area contributed by atoms with E-state index in [1.165, 1.54) is 18.1 Å². The lowest BCUT2D eigenvalue weighted by Crippen LogP contribution is -2.44. The van der Waals surface area contributed by atoms with E-state index in [0.29, 0.717) is 11.6 Å². The van der Waals surface area contributed by atoms with Crippen LogP contribution in [0.15, 0.2) is 41.5 Å². The van der Waals surface area contributed by atoms with E-state index < -0.39 is 11.3 Å². The minimum Gasteiger partial charge on any atom is -0.369 e. The van der Waals surface area contributed by atoms with Gasteiger partial charge in [0.2, 0.25) is 11.4 Å². The Bertz CT molecular complexity index is 1120.